The quantitative estimate of drug-likeness (QED) is 0.435. The van der Waals surface area contributed by atoms with Crippen molar-refractivity contribution < 1.29 is 4.57 Å². The molecule has 136 valence electrons. The van der Waals surface area contributed by atoms with Crippen LogP contribution in [0.1, 0.15) is 39.2 Å². The van der Waals surface area contributed by atoms with E-state index in [1.54, 1.807) is 0 Å². The molecule has 0 aliphatic carbocycles. The van der Waals surface area contributed by atoms with Crippen molar-refractivity contribution in [1.29, 1.82) is 0 Å². The Bertz CT molecular complexity index is 857. The zero-order valence-electron chi connectivity index (χ0n) is 16.1. The maximum atomic E-state index is 4.71. The average molecular weight is 350 g/mol. The lowest BCUT2D eigenvalue weighted by Crippen LogP contribution is -2.31. The molecule has 3 rings (SSSR count). The first-order valence-electron chi connectivity index (χ1n) is 9.65. The van der Waals surface area contributed by atoms with Crippen molar-refractivity contribution in [2.75, 3.05) is 18.0 Å². The Hall–Kier alpha value is -2.62. The van der Waals surface area contributed by atoms with Gasteiger partial charge in [-0.3, -0.25) is 0 Å². The summed E-state index contributed by atoms with van der Waals surface area (Å²) in [6.07, 6.45) is 6.40. The van der Waals surface area contributed by atoms with Crippen LogP contribution in [0.4, 0.5) is 5.69 Å². The second-order valence-corrected chi connectivity index (χ2v) is 6.50. The molecule has 0 fully saturated rings. The summed E-state index contributed by atoms with van der Waals surface area (Å²) in [5.74, 6) is 0. The van der Waals surface area contributed by atoms with Crippen LogP contribution in [0.15, 0.2) is 60.0 Å². The van der Waals surface area contributed by atoms with E-state index in [0.717, 1.165) is 30.7 Å². The third kappa shape index (κ3) is 3.96. The SMILES string of the molecule is CCCC[n+]1cn(/N=C/c2ccc(N(CC)CC)cc2)c2ccccc21. The summed E-state index contributed by atoms with van der Waals surface area (Å²) in [5, 5.41) is 4.71. The molecular weight excluding hydrogens is 320 g/mol. The zero-order chi connectivity index (χ0) is 18.4. The molecule has 0 spiro atoms. The third-order valence-electron chi connectivity index (χ3n) is 4.79. The molecule has 26 heavy (non-hydrogen) atoms. The number of benzene rings is 2. The minimum atomic E-state index is 1.02. The van der Waals surface area contributed by atoms with E-state index in [2.05, 4.69) is 85.1 Å². The van der Waals surface area contributed by atoms with E-state index in [4.69, 9.17) is 5.10 Å². The fourth-order valence-corrected chi connectivity index (χ4v) is 3.24. The zero-order valence-corrected chi connectivity index (χ0v) is 16.1. The summed E-state index contributed by atoms with van der Waals surface area (Å²) in [4.78, 5) is 2.34. The van der Waals surface area contributed by atoms with Crippen LogP contribution in [0.5, 0.6) is 0 Å². The van der Waals surface area contributed by atoms with Gasteiger partial charge in [-0.15, -0.1) is 0 Å². The van der Waals surface area contributed by atoms with Crippen molar-refractivity contribution >= 4 is 22.9 Å². The minimum absolute atomic E-state index is 1.02. The Kier molecular flexibility index (Phi) is 6.05. The lowest BCUT2D eigenvalue weighted by Gasteiger charge is -2.20. The number of hydrogen-bond acceptors (Lipinski definition) is 2. The number of aryl methyl sites for hydroxylation is 1. The number of para-hydroxylation sites is 2. The molecule has 0 atom stereocenters. The van der Waals surface area contributed by atoms with Crippen LogP contribution in [0.25, 0.3) is 11.0 Å². The maximum absolute atomic E-state index is 4.71. The van der Waals surface area contributed by atoms with E-state index < -0.39 is 0 Å². The normalized spacial score (nSPS) is 11.5. The van der Waals surface area contributed by atoms with Crippen LogP contribution in [0.3, 0.4) is 0 Å². The van der Waals surface area contributed by atoms with E-state index in [9.17, 15) is 0 Å². The monoisotopic (exact) mass is 349 g/mol. The number of imidazole rings is 1. The summed E-state index contributed by atoms with van der Waals surface area (Å²) in [6.45, 7) is 9.67. The van der Waals surface area contributed by atoms with Gasteiger partial charge in [0.05, 0.1) is 12.8 Å². The van der Waals surface area contributed by atoms with Gasteiger partial charge in [0, 0.05) is 18.8 Å². The number of rotatable bonds is 8. The molecular formula is C22H29N4+. The van der Waals surface area contributed by atoms with Crippen LogP contribution >= 0.6 is 0 Å². The Morgan fingerprint density at radius 3 is 2.42 bits per heavy atom. The van der Waals surface area contributed by atoms with Gasteiger partial charge in [-0.25, -0.2) is 4.57 Å². The topological polar surface area (TPSA) is 24.4 Å². The van der Waals surface area contributed by atoms with Crippen LogP contribution in [0, 0.1) is 0 Å². The fourth-order valence-electron chi connectivity index (χ4n) is 3.24. The molecule has 0 bridgehead atoms. The highest BCUT2D eigenvalue weighted by molar-refractivity contribution is 5.81. The molecule has 2 aromatic carbocycles. The highest BCUT2D eigenvalue weighted by Gasteiger charge is 2.14. The lowest BCUT2D eigenvalue weighted by atomic mass is 10.2. The van der Waals surface area contributed by atoms with E-state index in [0.29, 0.717) is 0 Å². The van der Waals surface area contributed by atoms with Crippen LogP contribution in [-0.2, 0) is 6.54 Å². The fraction of sp³-hybridized carbons (Fsp3) is 0.364. The van der Waals surface area contributed by atoms with Gasteiger partial charge in [0.15, 0.2) is 5.52 Å². The number of fused-ring (bicyclic) bond motifs is 1. The first kappa shape index (κ1) is 18.2. The molecule has 0 amide bonds. The second-order valence-electron chi connectivity index (χ2n) is 6.50. The molecule has 0 aliphatic heterocycles. The molecule has 1 aromatic heterocycles. The third-order valence-corrected chi connectivity index (χ3v) is 4.79. The van der Waals surface area contributed by atoms with Gasteiger partial charge in [-0.2, -0.15) is 0 Å². The van der Waals surface area contributed by atoms with Crippen molar-refractivity contribution in [2.45, 2.75) is 40.2 Å². The predicted molar refractivity (Wildman–Crippen MR) is 110 cm³/mol. The van der Waals surface area contributed by atoms with Gasteiger partial charge in [0.2, 0.25) is 5.52 Å². The molecule has 4 nitrogen and oxygen atoms in total. The Labute approximate surface area is 156 Å². The van der Waals surface area contributed by atoms with Crippen molar-refractivity contribution in [3.8, 4) is 0 Å². The second kappa shape index (κ2) is 8.65. The smallest absolute Gasteiger partial charge is 0.270 e. The highest BCUT2D eigenvalue weighted by atomic mass is 15.4. The molecule has 3 aromatic rings. The average Bonchev–Trinajstić information content (AvgIpc) is 3.04. The first-order chi connectivity index (χ1) is 12.8. The minimum Gasteiger partial charge on any atom is -0.372 e. The van der Waals surface area contributed by atoms with E-state index >= 15 is 0 Å². The van der Waals surface area contributed by atoms with Gasteiger partial charge in [0.1, 0.15) is 0 Å². The summed E-state index contributed by atoms with van der Waals surface area (Å²) in [7, 11) is 0. The summed E-state index contributed by atoms with van der Waals surface area (Å²) >= 11 is 0. The summed E-state index contributed by atoms with van der Waals surface area (Å²) in [6, 6.07) is 17.0. The van der Waals surface area contributed by atoms with E-state index in [1.807, 2.05) is 10.9 Å². The number of hydrogen-bond donors (Lipinski definition) is 0. The summed E-state index contributed by atoms with van der Waals surface area (Å²) in [5.41, 5.74) is 4.74. The molecule has 0 saturated heterocycles. The molecule has 0 N–H and O–H groups in total. The maximum Gasteiger partial charge on any atom is 0.270 e. The van der Waals surface area contributed by atoms with Crippen LogP contribution in [0.2, 0.25) is 0 Å². The molecule has 0 saturated carbocycles. The van der Waals surface area contributed by atoms with Gasteiger partial charge in [-0.1, -0.05) is 47.4 Å². The molecule has 0 aliphatic rings. The van der Waals surface area contributed by atoms with E-state index in [1.165, 1.54) is 24.0 Å². The van der Waals surface area contributed by atoms with Gasteiger partial charge < -0.3 is 4.90 Å². The molecule has 4 heteroatoms. The standard InChI is InChI=1S/C22H29N4/c1-4-7-16-25-18-26(22-11-9-8-10-21(22)25)23-17-19-12-14-20(15-13-19)24(5-2)6-3/h8-15,17-18H,4-7,16H2,1-3H3/q+1/b23-17+. The number of anilines is 1. The Morgan fingerprint density at radius 1 is 1.00 bits per heavy atom. The Balaban J connectivity index is 1.84. The molecule has 1 heterocycles. The number of nitrogens with zero attached hydrogens (tertiary/aromatic N) is 4. The summed E-state index contributed by atoms with van der Waals surface area (Å²) < 4.78 is 4.27. The van der Waals surface area contributed by atoms with Crippen molar-refractivity contribution in [2.24, 2.45) is 5.10 Å². The number of aromatic nitrogens is 2. The van der Waals surface area contributed by atoms with E-state index in [-0.39, 0.29) is 0 Å². The van der Waals surface area contributed by atoms with Crippen LogP contribution in [-0.4, -0.2) is 24.0 Å². The number of unbranched alkanes of at least 4 members (excludes halogenated alkanes) is 1. The molecule has 0 radical (unpaired) electrons. The van der Waals surface area contributed by atoms with Gasteiger partial charge in [0.25, 0.3) is 6.33 Å². The largest absolute Gasteiger partial charge is 0.372 e. The first-order valence-corrected chi connectivity index (χ1v) is 9.65. The highest BCUT2D eigenvalue weighted by Crippen LogP contribution is 2.15. The van der Waals surface area contributed by atoms with Crippen molar-refractivity contribution in [3.05, 3.63) is 60.4 Å². The Morgan fingerprint density at radius 2 is 1.73 bits per heavy atom. The van der Waals surface area contributed by atoms with Crippen molar-refractivity contribution in [3.63, 3.8) is 0 Å². The van der Waals surface area contributed by atoms with Gasteiger partial charge >= 0.3 is 0 Å². The van der Waals surface area contributed by atoms with Gasteiger partial charge in [-0.05, 0) is 50.1 Å². The molecule has 0 unspecified atom stereocenters. The van der Waals surface area contributed by atoms with Crippen LogP contribution < -0.4 is 9.47 Å². The van der Waals surface area contributed by atoms with Crippen molar-refractivity contribution in [1.82, 2.24) is 4.68 Å². The predicted octanol–water partition coefficient (Wildman–Crippen LogP) is 4.46. The lowest BCUT2D eigenvalue weighted by molar-refractivity contribution is -0.672.